The van der Waals surface area contributed by atoms with Gasteiger partial charge in [-0.05, 0) is 43.4 Å². The number of nitrogens with one attached hydrogen (secondary N) is 1. The zero-order valence-corrected chi connectivity index (χ0v) is 12.3. The highest BCUT2D eigenvalue weighted by Gasteiger charge is 2.27. The monoisotopic (exact) mass is 307 g/mol. The Kier molecular flexibility index (Phi) is 4.22. The summed E-state index contributed by atoms with van der Waals surface area (Å²) in [6.45, 7) is 2.13. The van der Waals surface area contributed by atoms with Gasteiger partial charge in [-0.1, -0.05) is 30.1 Å². The van der Waals surface area contributed by atoms with E-state index in [1.54, 1.807) is 6.07 Å². The van der Waals surface area contributed by atoms with Gasteiger partial charge in [0.1, 0.15) is 4.90 Å². The Hall–Kier alpha value is -0.290. The van der Waals surface area contributed by atoms with E-state index in [2.05, 4.69) is 11.6 Å². The molecule has 2 unspecified atom stereocenters. The van der Waals surface area contributed by atoms with Crippen molar-refractivity contribution in [3.05, 3.63) is 28.2 Å². The lowest BCUT2D eigenvalue weighted by Crippen LogP contribution is -2.33. The van der Waals surface area contributed by atoms with E-state index < -0.39 is 10.0 Å². The highest BCUT2D eigenvalue weighted by atomic mass is 35.5. The molecule has 1 aliphatic rings. The van der Waals surface area contributed by atoms with Crippen molar-refractivity contribution in [3.8, 4) is 0 Å². The average Bonchev–Trinajstić information content (AvgIpc) is 2.66. The SMILES string of the molecule is CC1CCC(NS(=O)(=O)c2cc(Cl)ccc2Cl)C1. The van der Waals surface area contributed by atoms with Gasteiger partial charge < -0.3 is 0 Å². The van der Waals surface area contributed by atoms with Crippen molar-refractivity contribution in [2.45, 2.75) is 37.1 Å². The molecular formula is C12H15Cl2NO2S. The molecule has 2 atom stereocenters. The summed E-state index contributed by atoms with van der Waals surface area (Å²) in [7, 11) is -3.59. The predicted molar refractivity (Wildman–Crippen MR) is 73.6 cm³/mol. The Balaban J connectivity index is 2.23. The predicted octanol–water partition coefficient (Wildman–Crippen LogP) is 3.46. The van der Waals surface area contributed by atoms with Crippen LogP contribution >= 0.6 is 23.2 Å². The van der Waals surface area contributed by atoms with Crippen LogP contribution in [0.3, 0.4) is 0 Å². The van der Waals surface area contributed by atoms with Gasteiger partial charge in [-0.15, -0.1) is 0 Å². The number of halogens is 2. The van der Waals surface area contributed by atoms with Gasteiger partial charge in [-0.3, -0.25) is 0 Å². The van der Waals surface area contributed by atoms with E-state index >= 15 is 0 Å². The lowest BCUT2D eigenvalue weighted by atomic mass is 10.1. The van der Waals surface area contributed by atoms with Crippen molar-refractivity contribution < 1.29 is 8.42 Å². The zero-order chi connectivity index (χ0) is 13.3. The van der Waals surface area contributed by atoms with E-state index in [4.69, 9.17) is 23.2 Å². The van der Waals surface area contributed by atoms with Gasteiger partial charge in [-0.2, -0.15) is 0 Å². The van der Waals surface area contributed by atoms with Crippen LogP contribution in [0.25, 0.3) is 0 Å². The van der Waals surface area contributed by atoms with Crippen molar-refractivity contribution in [2.24, 2.45) is 5.92 Å². The highest BCUT2D eigenvalue weighted by Crippen LogP contribution is 2.29. The maximum absolute atomic E-state index is 12.2. The smallest absolute Gasteiger partial charge is 0.208 e. The van der Waals surface area contributed by atoms with Crippen LogP contribution in [0.5, 0.6) is 0 Å². The van der Waals surface area contributed by atoms with Gasteiger partial charge in [0.25, 0.3) is 0 Å². The summed E-state index contributed by atoms with van der Waals surface area (Å²) in [5.41, 5.74) is 0. The molecule has 0 radical (unpaired) electrons. The Morgan fingerprint density at radius 2 is 2.00 bits per heavy atom. The third-order valence-electron chi connectivity index (χ3n) is 3.20. The van der Waals surface area contributed by atoms with Crippen LogP contribution in [0.1, 0.15) is 26.2 Å². The summed E-state index contributed by atoms with van der Waals surface area (Å²) in [6, 6.07) is 4.45. The minimum Gasteiger partial charge on any atom is -0.208 e. The molecule has 0 bridgehead atoms. The summed E-state index contributed by atoms with van der Waals surface area (Å²) in [5.74, 6) is 0.563. The molecule has 1 aliphatic carbocycles. The number of hydrogen-bond acceptors (Lipinski definition) is 2. The molecule has 0 spiro atoms. The first-order valence-electron chi connectivity index (χ1n) is 5.86. The molecular weight excluding hydrogens is 293 g/mol. The summed E-state index contributed by atoms with van der Waals surface area (Å²) in [6.07, 6.45) is 2.80. The minimum absolute atomic E-state index is 0.0000447. The van der Waals surface area contributed by atoms with Crippen LogP contribution in [0, 0.1) is 5.92 Å². The second kappa shape index (κ2) is 5.37. The second-order valence-corrected chi connectivity index (χ2v) is 7.34. The molecule has 0 heterocycles. The van der Waals surface area contributed by atoms with Crippen molar-refractivity contribution in [3.63, 3.8) is 0 Å². The fourth-order valence-corrected chi connectivity index (χ4v) is 4.33. The molecule has 0 amide bonds. The largest absolute Gasteiger partial charge is 0.242 e. The maximum Gasteiger partial charge on any atom is 0.242 e. The lowest BCUT2D eigenvalue weighted by Gasteiger charge is -2.14. The van der Waals surface area contributed by atoms with Gasteiger partial charge in [-0.25, -0.2) is 13.1 Å². The first kappa shape index (κ1) is 14.1. The maximum atomic E-state index is 12.2. The summed E-state index contributed by atoms with van der Waals surface area (Å²) < 4.78 is 27.1. The van der Waals surface area contributed by atoms with E-state index in [1.165, 1.54) is 12.1 Å². The topological polar surface area (TPSA) is 46.2 Å². The van der Waals surface area contributed by atoms with E-state index in [-0.39, 0.29) is 16.0 Å². The Labute approximate surface area is 118 Å². The molecule has 2 rings (SSSR count). The number of benzene rings is 1. The summed E-state index contributed by atoms with van der Waals surface area (Å²) in [4.78, 5) is 0.0521. The van der Waals surface area contributed by atoms with E-state index in [9.17, 15) is 8.42 Å². The van der Waals surface area contributed by atoms with Gasteiger partial charge in [0.2, 0.25) is 10.0 Å². The Morgan fingerprint density at radius 1 is 1.28 bits per heavy atom. The molecule has 1 aromatic carbocycles. The molecule has 1 N–H and O–H groups in total. The van der Waals surface area contributed by atoms with Crippen LogP contribution in [-0.2, 0) is 10.0 Å². The van der Waals surface area contributed by atoms with Gasteiger partial charge >= 0.3 is 0 Å². The van der Waals surface area contributed by atoms with Gasteiger partial charge in [0.05, 0.1) is 5.02 Å². The first-order chi connectivity index (χ1) is 8.38. The second-order valence-electron chi connectivity index (χ2n) is 4.81. The molecule has 100 valence electrons. The zero-order valence-electron chi connectivity index (χ0n) is 9.99. The normalized spacial score (nSPS) is 24.4. The van der Waals surface area contributed by atoms with Crippen molar-refractivity contribution in [2.75, 3.05) is 0 Å². The molecule has 3 nitrogen and oxygen atoms in total. The van der Waals surface area contributed by atoms with E-state index in [0.29, 0.717) is 10.9 Å². The Bertz CT molecular complexity index is 545. The first-order valence-corrected chi connectivity index (χ1v) is 8.10. The molecule has 6 heteroatoms. The molecule has 0 aliphatic heterocycles. The van der Waals surface area contributed by atoms with E-state index in [1.807, 2.05) is 0 Å². The fourth-order valence-electron chi connectivity index (χ4n) is 2.28. The van der Waals surface area contributed by atoms with Crippen LogP contribution in [0.4, 0.5) is 0 Å². The van der Waals surface area contributed by atoms with Gasteiger partial charge in [0.15, 0.2) is 0 Å². The summed E-state index contributed by atoms with van der Waals surface area (Å²) >= 11 is 11.7. The number of rotatable bonds is 3. The average molecular weight is 308 g/mol. The van der Waals surface area contributed by atoms with Crippen LogP contribution in [-0.4, -0.2) is 14.5 Å². The molecule has 1 fully saturated rings. The highest BCUT2D eigenvalue weighted by molar-refractivity contribution is 7.89. The van der Waals surface area contributed by atoms with Gasteiger partial charge in [0, 0.05) is 11.1 Å². The summed E-state index contributed by atoms with van der Waals surface area (Å²) in [5, 5.41) is 0.553. The molecule has 0 aromatic heterocycles. The van der Waals surface area contributed by atoms with Crippen molar-refractivity contribution >= 4 is 33.2 Å². The number of hydrogen-bond donors (Lipinski definition) is 1. The van der Waals surface area contributed by atoms with E-state index in [0.717, 1.165) is 19.3 Å². The fraction of sp³-hybridized carbons (Fsp3) is 0.500. The molecule has 18 heavy (non-hydrogen) atoms. The van der Waals surface area contributed by atoms with Crippen molar-refractivity contribution in [1.29, 1.82) is 0 Å². The lowest BCUT2D eigenvalue weighted by molar-refractivity contribution is 0.538. The van der Waals surface area contributed by atoms with Crippen molar-refractivity contribution in [1.82, 2.24) is 4.72 Å². The molecule has 1 aromatic rings. The standard InChI is InChI=1S/C12H15Cl2NO2S/c1-8-2-4-10(6-8)15-18(16,17)12-7-9(13)3-5-11(12)14/h3,5,7-8,10,15H,2,4,6H2,1H3. The number of sulfonamides is 1. The van der Waals surface area contributed by atoms with Crippen LogP contribution in [0.15, 0.2) is 23.1 Å². The quantitative estimate of drug-likeness (QED) is 0.929. The third-order valence-corrected chi connectivity index (χ3v) is 5.44. The minimum atomic E-state index is -3.59. The van der Waals surface area contributed by atoms with Crippen LogP contribution in [0.2, 0.25) is 10.0 Å². The van der Waals surface area contributed by atoms with Crippen LogP contribution < -0.4 is 4.72 Å². The molecule has 1 saturated carbocycles. The molecule has 0 saturated heterocycles. The third kappa shape index (κ3) is 3.18. The Morgan fingerprint density at radius 3 is 2.61 bits per heavy atom.